The lowest BCUT2D eigenvalue weighted by atomic mass is 10.1. The normalized spacial score (nSPS) is 10.6. The number of aromatic nitrogens is 2. The van der Waals surface area contributed by atoms with Crippen LogP contribution in [0.15, 0.2) is 64.2 Å². The maximum absolute atomic E-state index is 12.6. The highest BCUT2D eigenvalue weighted by Gasteiger charge is 2.23. The number of hydrogen-bond donors (Lipinski definition) is 2. The summed E-state index contributed by atoms with van der Waals surface area (Å²) in [4.78, 5) is 49.7. The van der Waals surface area contributed by atoms with Crippen LogP contribution in [-0.4, -0.2) is 32.6 Å². The molecule has 0 spiro atoms. The molecule has 0 unspecified atom stereocenters. The fourth-order valence-corrected chi connectivity index (χ4v) is 2.85. The Morgan fingerprint density at radius 3 is 2.30 bits per heavy atom. The Labute approximate surface area is 170 Å². The summed E-state index contributed by atoms with van der Waals surface area (Å²) in [6.45, 7) is -0.671. The number of ketones is 1. The Kier molecular flexibility index (Phi) is 5.82. The highest BCUT2D eigenvalue weighted by molar-refractivity contribution is 6.02. The molecule has 0 radical (unpaired) electrons. The van der Waals surface area contributed by atoms with Gasteiger partial charge in [-0.15, -0.1) is 0 Å². The lowest BCUT2D eigenvalue weighted by Gasteiger charge is -2.14. The molecule has 0 aliphatic heterocycles. The van der Waals surface area contributed by atoms with Crippen LogP contribution in [0.1, 0.15) is 26.3 Å². The van der Waals surface area contributed by atoms with E-state index in [0.29, 0.717) is 0 Å². The van der Waals surface area contributed by atoms with Crippen LogP contribution in [0.2, 0.25) is 0 Å². The van der Waals surface area contributed by atoms with E-state index in [1.807, 2.05) is 6.07 Å². The summed E-state index contributed by atoms with van der Waals surface area (Å²) in [6.07, 6.45) is 0. The molecule has 154 valence electrons. The predicted molar refractivity (Wildman–Crippen MR) is 109 cm³/mol. The molecule has 0 atom stereocenters. The van der Waals surface area contributed by atoms with Gasteiger partial charge in [0.05, 0.1) is 12.1 Å². The molecular weight excluding hydrogens is 390 g/mol. The third-order valence-corrected chi connectivity index (χ3v) is 4.48. The summed E-state index contributed by atoms with van der Waals surface area (Å²) in [5.41, 5.74) is 4.91. The first-order valence-corrected chi connectivity index (χ1v) is 8.92. The average Bonchev–Trinajstić information content (AvgIpc) is 2.75. The van der Waals surface area contributed by atoms with E-state index in [0.717, 1.165) is 14.7 Å². The fraction of sp³-hybridized carbons (Fsp3) is 0.143. The van der Waals surface area contributed by atoms with E-state index in [4.69, 9.17) is 10.5 Å². The number of phenolic OH excluding ortho intramolecular Hbond substituents is 1. The number of rotatable bonds is 6. The lowest BCUT2D eigenvalue weighted by molar-refractivity contribution is 0.0474. The van der Waals surface area contributed by atoms with Gasteiger partial charge in [-0.1, -0.05) is 30.3 Å². The molecule has 0 fully saturated rings. The molecule has 1 heterocycles. The summed E-state index contributed by atoms with van der Waals surface area (Å²) in [6, 6.07) is 14.2. The minimum Gasteiger partial charge on any atom is -0.508 e. The molecule has 9 nitrogen and oxygen atoms in total. The molecule has 0 aliphatic rings. The Bertz CT molecular complexity index is 1210. The van der Waals surface area contributed by atoms with Gasteiger partial charge in [0.25, 0.3) is 5.56 Å². The van der Waals surface area contributed by atoms with E-state index >= 15 is 0 Å². The van der Waals surface area contributed by atoms with Crippen LogP contribution in [0.3, 0.4) is 0 Å². The molecule has 3 N–H and O–H groups in total. The number of nitrogens with zero attached hydrogens (tertiary/aromatic N) is 2. The summed E-state index contributed by atoms with van der Waals surface area (Å²) in [5, 5.41) is 9.26. The van der Waals surface area contributed by atoms with E-state index in [1.165, 1.54) is 31.3 Å². The Morgan fingerprint density at radius 1 is 1.03 bits per heavy atom. The highest BCUT2D eigenvalue weighted by Crippen LogP contribution is 2.12. The van der Waals surface area contributed by atoms with Crippen molar-refractivity contribution in [2.45, 2.75) is 6.54 Å². The SMILES string of the molecule is Cn1c(=O)c(C(=O)COC(=O)c2ccc(O)cc2)c(N)n(Cc2ccccc2)c1=O. The quantitative estimate of drug-likeness (QED) is 0.457. The first-order valence-electron chi connectivity index (χ1n) is 8.92. The Morgan fingerprint density at radius 2 is 1.67 bits per heavy atom. The van der Waals surface area contributed by atoms with Crippen molar-refractivity contribution in [3.63, 3.8) is 0 Å². The molecule has 9 heteroatoms. The van der Waals surface area contributed by atoms with Crippen molar-refractivity contribution in [2.24, 2.45) is 7.05 Å². The number of ether oxygens (including phenoxy) is 1. The van der Waals surface area contributed by atoms with Crippen molar-refractivity contribution < 1.29 is 19.4 Å². The zero-order valence-electron chi connectivity index (χ0n) is 16.1. The van der Waals surface area contributed by atoms with Crippen LogP contribution < -0.4 is 17.0 Å². The fourth-order valence-electron chi connectivity index (χ4n) is 2.85. The summed E-state index contributed by atoms with van der Waals surface area (Å²) in [5.74, 6) is -1.96. The molecule has 2 aromatic carbocycles. The van der Waals surface area contributed by atoms with Crippen molar-refractivity contribution in [2.75, 3.05) is 12.3 Å². The number of esters is 1. The number of hydrogen-bond acceptors (Lipinski definition) is 7. The van der Waals surface area contributed by atoms with Gasteiger partial charge in [-0.25, -0.2) is 9.59 Å². The summed E-state index contributed by atoms with van der Waals surface area (Å²) >= 11 is 0. The molecule has 0 saturated heterocycles. The molecule has 1 aromatic heterocycles. The van der Waals surface area contributed by atoms with Gasteiger partial charge in [0.2, 0.25) is 5.78 Å². The van der Waals surface area contributed by atoms with Crippen LogP contribution in [0.25, 0.3) is 0 Å². The number of carbonyl (C=O) groups is 2. The summed E-state index contributed by atoms with van der Waals surface area (Å²) < 4.78 is 6.86. The predicted octanol–water partition coefficient (Wildman–Crippen LogP) is 0.923. The van der Waals surface area contributed by atoms with Crippen LogP contribution in [-0.2, 0) is 18.3 Å². The van der Waals surface area contributed by atoms with Crippen molar-refractivity contribution >= 4 is 17.6 Å². The lowest BCUT2D eigenvalue weighted by Crippen LogP contribution is -2.43. The van der Waals surface area contributed by atoms with Crippen LogP contribution in [0, 0.1) is 0 Å². The molecule has 0 saturated carbocycles. The maximum atomic E-state index is 12.6. The van der Waals surface area contributed by atoms with Gasteiger partial charge in [-0.2, -0.15) is 0 Å². The van der Waals surface area contributed by atoms with Crippen molar-refractivity contribution in [1.82, 2.24) is 9.13 Å². The molecular formula is C21H19N3O6. The molecule has 3 rings (SSSR count). The zero-order valence-corrected chi connectivity index (χ0v) is 16.1. The van der Waals surface area contributed by atoms with Gasteiger partial charge in [-0.3, -0.25) is 18.7 Å². The van der Waals surface area contributed by atoms with E-state index in [-0.39, 0.29) is 23.7 Å². The van der Waals surface area contributed by atoms with Gasteiger partial charge < -0.3 is 15.6 Å². The zero-order chi connectivity index (χ0) is 21.8. The molecule has 0 bridgehead atoms. The van der Waals surface area contributed by atoms with E-state index < -0.39 is 35.2 Å². The second-order valence-corrected chi connectivity index (χ2v) is 6.52. The van der Waals surface area contributed by atoms with E-state index in [2.05, 4.69) is 0 Å². The average molecular weight is 409 g/mol. The monoisotopic (exact) mass is 409 g/mol. The van der Waals surface area contributed by atoms with Crippen LogP contribution >= 0.6 is 0 Å². The number of Topliss-reactive ketones (excluding diaryl/α,β-unsaturated/α-hetero) is 1. The smallest absolute Gasteiger partial charge is 0.338 e. The Hall–Kier alpha value is -4.14. The van der Waals surface area contributed by atoms with Gasteiger partial charge >= 0.3 is 11.7 Å². The van der Waals surface area contributed by atoms with Crippen molar-refractivity contribution in [3.8, 4) is 5.75 Å². The van der Waals surface area contributed by atoms with Crippen molar-refractivity contribution in [1.29, 1.82) is 0 Å². The second-order valence-electron chi connectivity index (χ2n) is 6.52. The molecule has 0 aliphatic carbocycles. The second kappa shape index (κ2) is 8.48. The topological polar surface area (TPSA) is 134 Å². The number of nitrogens with two attached hydrogens (primary N) is 1. The first-order chi connectivity index (χ1) is 14.3. The third kappa shape index (κ3) is 4.14. The third-order valence-electron chi connectivity index (χ3n) is 4.48. The number of benzene rings is 2. The minimum absolute atomic E-state index is 0.0282. The van der Waals surface area contributed by atoms with Crippen LogP contribution in [0.5, 0.6) is 5.75 Å². The van der Waals surface area contributed by atoms with Gasteiger partial charge in [0.1, 0.15) is 17.1 Å². The number of aromatic hydroxyl groups is 1. The highest BCUT2D eigenvalue weighted by atomic mass is 16.5. The van der Waals surface area contributed by atoms with E-state index in [9.17, 15) is 24.3 Å². The van der Waals surface area contributed by atoms with Gasteiger partial charge in [-0.05, 0) is 29.8 Å². The first kappa shape index (κ1) is 20.6. The van der Waals surface area contributed by atoms with Crippen LogP contribution in [0.4, 0.5) is 5.82 Å². The number of phenols is 1. The Balaban J connectivity index is 1.88. The standard InChI is InChI=1S/C21H19N3O6/c1-23-19(27)17(16(26)12-30-20(28)14-7-9-15(25)10-8-14)18(22)24(21(23)29)11-13-5-3-2-4-6-13/h2-10,25H,11-12,22H2,1H3. The van der Waals surface area contributed by atoms with Gasteiger partial charge in [0, 0.05) is 7.05 Å². The number of anilines is 1. The maximum Gasteiger partial charge on any atom is 0.338 e. The number of carbonyl (C=O) groups excluding carboxylic acids is 2. The van der Waals surface area contributed by atoms with E-state index in [1.54, 1.807) is 24.3 Å². The molecule has 0 amide bonds. The largest absolute Gasteiger partial charge is 0.508 e. The minimum atomic E-state index is -0.868. The van der Waals surface area contributed by atoms with Gasteiger partial charge in [0.15, 0.2) is 6.61 Å². The number of nitrogen functional groups attached to an aromatic ring is 1. The molecule has 3 aromatic rings. The summed E-state index contributed by atoms with van der Waals surface area (Å²) in [7, 11) is 1.24. The van der Waals surface area contributed by atoms with Crippen molar-refractivity contribution in [3.05, 3.63) is 92.1 Å². The molecule has 30 heavy (non-hydrogen) atoms.